The van der Waals surface area contributed by atoms with Crippen molar-refractivity contribution in [2.45, 2.75) is 17.9 Å². The van der Waals surface area contributed by atoms with Gasteiger partial charge in [-0.25, -0.2) is 8.42 Å². The maximum atomic E-state index is 11.8. The summed E-state index contributed by atoms with van der Waals surface area (Å²) >= 11 is 5.25. The molecule has 0 fully saturated rings. The molecule has 1 heterocycles. The lowest BCUT2D eigenvalue weighted by molar-refractivity contribution is 0.602. The molecule has 2 rings (SSSR count). The van der Waals surface area contributed by atoms with Gasteiger partial charge >= 0.3 is 0 Å². The molecule has 2 aromatic rings. The Hall–Kier alpha value is -0.990. The third-order valence-corrected chi connectivity index (χ3v) is 5.31. The Balaban J connectivity index is 2.50. The molecule has 0 radical (unpaired) electrons. The lowest BCUT2D eigenvalue weighted by Crippen LogP contribution is -2.03. The van der Waals surface area contributed by atoms with Crippen LogP contribution in [0.3, 0.4) is 0 Å². The first kappa shape index (κ1) is 15.4. The number of nitrogens with zero attached hydrogens (tertiary/aromatic N) is 1. The van der Waals surface area contributed by atoms with Gasteiger partial charge in [-0.15, -0.1) is 0 Å². The Morgan fingerprint density at radius 3 is 2.70 bits per heavy atom. The summed E-state index contributed by atoms with van der Waals surface area (Å²) in [5.41, 5.74) is 1.30. The number of sulfone groups is 1. The number of imidazole rings is 1. The lowest BCUT2D eigenvalue weighted by Gasteiger charge is -2.04. The van der Waals surface area contributed by atoms with Crippen LogP contribution in [-0.4, -0.2) is 40.4 Å². The SMILES string of the molecule is CS(=O)CCCn1c(=S)[nH]c2c(S(C)(=O)=O)cccc21. The van der Waals surface area contributed by atoms with Crippen LogP contribution in [0.25, 0.3) is 11.0 Å². The quantitative estimate of drug-likeness (QED) is 0.849. The van der Waals surface area contributed by atoms with E-state index in [0.29, 0.717) is 22.6 Å². The number of para-hydroxylation sites is 1. The molecule has 0 aliphatic carbocycles. The maximum Gasteiger partial charge on any atom is 0.178 e. The number of aromatic nitrogens is 2. The molecule has 8 heteroatoms. The molecular formula is C12H16N2O3S3. The van der Waals surface area contributed by atoms with Crippen molar-refractivity contribution in [1.29, 1.82) is 0 Å². The van der Waals surface area contributed by atoms with E-state index in [9.17, 15) is 12.6 Å². The van der Waals surface area contributed by atoms with Crippen LogP contribution in [0.2, 0.25) is 0 Å². The Bertz CT molecular complexity index is 818. The first-order valence-electron chi connectivity index (χ1n) is 6.02. The standard InChI is InChI=1S/C12H16N2O3S3/c1-19(15)8-4-7-14-9-5-3-6-10(20(2,16)17)11(9)13-12(14)18/h3,5-6H,4,7-8H2,1-2H3,(H,13,18). The second-order valence-corrected chi connectivity index (χ2v) is 8.56. The summed E-state index contributed by atoms with van der Waals surface area (Å²) in [5.74, 6) is 0.597. The molecule has 1 aromatic carbocycles. The predicted molar refractivity (Wildman–Crippen MR) is 83.8 cm³/mol. The smallest absolute Gasteiger partial charge is 0.178 e. The topological polar surface area (TPSA) is 71.9 Å². The highest BCUT2D eigenvalue weighted by Gasteiger charge is 2.15. The Kier molecular flexibility index (Phi) is 4.46. The minimum atomic E-state index is -3.31. The van der Waals surface area contributed by atoms with Gasteiger partial charge in [0.2, 0.25) is 0 Å². The van der Waals surface area contributed by atoms with Crippen molar-refractivity contribution in [3.63, 3.8) is 0 Å². The highest BCUT2D eigenvalue weighted by atomic mass is 32.2. The molecule has 1 aromatic heterocycles. The molecule has 5 nitrogen and oxygen atoms in total. The van der Waals surface area contributed by atoms with Gasteiger partial charge in [0, 0.05) is 35.6 Å². The van der Waals surface area contributed by atoms with Crippen molar-refractivity contribution < 1.29 is 12.6 Å². The zero-order valence-electron chi connectivity index (χ0n) is 11.3. The van der Waals surface area contributed by atoms with Crippen molar-refractivity contribution in [3.8, 4) is 0 Å². The van der Waals surface area contributed by atoms with E-state index in [2.05, 4.69) is 4.98 Å². The van der Waals surface area contributed by atoms with Crippen LogP contribution < -0.4 is 0 Å². The van der Waals surface area contributed by atoms with Gasteiger partial charge in [-0.1, -0.05) is 6.07 Å². The van der Waals surface area contributed by atoms with Crippen LogP contribution in [0, 0.1) is 4.77 Å². The minimum Gasteiger partial charge on any atom is -0.329 e. The lowest BCUT2D eigenvalue weighted by atomic mass is 10.3. The van der Waals surface area contributed by atoms with Crippen molar-refractivity contribution in [1.82, 2.24) is 9.55 Å². The fourth-order valence-corrected chi connectivity index (χ4v) is 3.79. The van der Waals surface area contributed by atoms with E-state index < -0.39 is 20.6 Å². The van der Waals surface area contributed by atoms with E-state index in [1.54, 1.807) is 18.4 Å². The summed E-state index contributed by atoms with van der Waals surface area (Å²) in [4.78, 5) is 3.21. The first-order valence-corrected chi connectivity index (χ1v) is 10.0. The van der Waals surface area contributed by atoms with E-state index in [1.807, 2.05) is 10.6 Å². The Morgan fingerprint density at radius 1 is 1.40 bits per heavy atom. The summed E-state index contributed by atoms with van der Waals surface area (Å²) in [6, 6.07) is 5.10. The molecule has 20 heavy (non-hydrogen) atoms. The van der Waals surface area contributed by atoms with Gasteiger partial charge in [-0.3, -0.25) is 4.21 Å². The number of benzene rings is 1. The fraction of sp³-hybridized carbons (Fsp3) is 0.417. The van der Waals surface area contributed by atoms with Crippen LogP contribution >= 0.6 is 12.2 Å². The average Bonchev–Trinajstić information content (AvgIpc) is 2.64. The van der Waals surface area contributed by atoms with Crippen LogP contribution in [-0.2, 0) is 27.2 Å². The number of hydrogen-bond acceptors (Lipinski definition) is 4. The molecule has 1 atom stereocenters. The van der Waals surface area contributed by atoms with Gasteiger partial charge in [-0.2, -0.15) is 0 Å². The molecule has 110 valence electrons. The van der Waals surface area contributed by atoms with E-state index in [-0.39, 0.29) is 4.90 Å². The van der Waals surface area contributed by atoms with Gasteiger partial charge in [0.25, 0.3) is 0 Å². The fourth-order valence-electron chi connectivity index (χ4n) is 2.11. The molecule has 0 aliphatic rings. The zero-order valence-corrected chi connectivity index (χ0v) is 13.7. The van der Waals surface area contributed by atoms with Crippen molar-refractivity contribution >= 4 is 43.9 Å². The van der Waals surface area contributed by atoms with Crippen molar-refractivity contribution in [2.75, 3.05) is 18.3 Å². The summed E-state index contributed by atoms with van der Waals surface area (Å²) in [5, 5.41) is 0. The Morgan fingerprint density at radius 2 is 2.10 bits per heavy atom. The predicted octanol–water partition coefficient (Wildman–Crippen LogP) is 1.87. The van der Waals surface area contributed by atoms with Crippen LogP contribution in [0.4, 0.5) is 0 Å². The molecule has 0 bridgehead atoms. The number of aryl methyl sites for hydroxylation is 1. The van der Waals surface area contributed by atoms with E-state index >= 15 is 0 Å². The van der Waals surface area contributed by atoms with Crippen molar-refractivity contribution in [2.24, 2.45) is 0 Å². The number of H-pyrrole nitrogens is 1. The van der Waals surface area contributed by atoms with Gasteiger partial charge < -0.3 is 9.55 Å². The van der Waals surface area contributed by atoms with Gasteiger partial charge in [0.1, 0.15) is 0 Å². The number of hydrogen-bond donors (Lipinski definition) is 1. The molecule has 0 saturated heterocycles. The molecule has 1 N–H and O–H groups in total. The van der Waals surface area contributed by atoms with Gasteiger partial charge in [0.05, 0.1) is 15.9 Å². The largest absolute Gasteiger partial charge is 0.329 e. The summed E-state index contributed by atoms with van der Waals surface area (Å²) in [6.45, 7) is 0.617. The second-order valence-electron chi connectivity index (χ2n) is 4.64. The highest BCUT2D eigenvalue weighted by Crippen LogP contribution is 2.22. The molecule has 0 spiro atoms. The maximum absolute atomic E-state index is 11.8. The van der Waals surface area contributed by atoms with Crippen LogP contribution in [0.15, 0.2) is 23.1 Å². The molecule has 0 amide bonds. The van der Waals surface area contributed by atoms with E-state index in [0.717, 1.165) is 11.9 Å². The first-order chi connectivity index (χ1) is 9.30. The zero-order chi connectivity index (χ0) is 14.9. The van der Waals surface area contributed by atoms with E-state index in [4.69, 9.17) is 12.2 Å². The minimum absolute atomic E-state index is 0.249. The normalized spacial score (nSPS) is 13.7. The average molecular weight is 332 g/mol. The molecule has 0 aliphatic heterocycles. The van der Waals surface area contributed by atoms with Crippen LogP contribution in [0.5, 0.6) is 0 Å². The summed E-state index contributed by atoms with van der Waals surface area (Å²) in [6.07, 6.45) is 3.57. The number of fused-ring (bicyclic) bond motifs is 1. The van der Waals surface area contributed by atoms with E-state index in [1.165, 1.54) is 6.26 Å². The number of aromatic amines is 1. The third kappa shape index (κ3) is 3.18. The molecular weight excluding hydrogens is 316 g/mol. The highest BCUT2D eigenvalue weighted by molar-refractivity contribution is 7.91. The summed E-state index contributed by atoms with van der Waals surface area (Å²) < 4.78 is 37.0. The molecule has 1 unspecified atom stereocenters. The molecule has 0 saturated carbocycles. The summed E-state index contributed by atoms with van der Waals surface area (Å²) in [7, 11) is -4.15. The Labute approximate surface area is 125 Å². The third-order valence-electron chi connectivity index (χ3n) is 2.99. The number of rotatable bonds is 5. The second kappa shape index (κ2) is 5.79. The van der Waals surface area contributed by atoms with Gasteiger partial charge in [0.15, 0.2) is 14.6 Å². The van der Waals surface area contributed by atoms with Crippen LogP contribution in [0.1, 0.15) is 6.42 Å². The van der Waals surface area contributed by atoms with Crippen molar-refractivity contribution in [3.05, 3.63) is 23.0 Å². The monoisotopic (exact) mass is 332 g/mol. The number of nitrogens with one attached hydrogen (secondary N) is 1. The van der Waals surface area contributed by atoms with Gasteiger partial charge in [-0.05, 0) is 30.8 Å².